The standard InChI is InChI=1S/C13H29NO2/c1-5-9-14-10-6-7-11-16-12-8-13(2,3)15-4/h14H,5-12H2,1-4H3. The summed E-state index contributed by atoms with van der Waals surface area (Å²) in [7, 11) is 1.75. The molecule has 0 aliphatic rings. The molecule has 98 valence electrons. The minimum atomic E-state index is -0.0529. The van der Waals surface area contributed by atoms with Gasteiger partial charge in [-0.1, -0.05) is 6.92 Å². The van der Waals surface area contributed by atoms with Crippen LogP contribution in [0.1, 0.15) is 46.5 Å². The van der Waals surface area contributed by atoms with Gasteiger partial charge in [0.25, 0.3) is 0 Å². The summed E-state index contributed by atoms with van der Waals surface area (Å²) >= 11 is 0. The molecule has 0 fully saturated rings. The number of nitrogens with one attached hydrogen (secondary N) is 1. The first kappa shape index (κ1) is 15.9. The Morgan fingerprint density at radius 1 is 1.06 bits per heavy atom. The molecule has 0 bridgehead atoms. The van der Waals surface area contributed by atoms with Crippen LogP contribution in [0.25, 0.3) is 0 Å². The summed E-state index contributed by atoms with van der Waals surface area (Å²) < 4.78 is 10.9. The molecule has 0 heterocycles. The first-order chi connectivity index (χ1) is 7.62. The van der Waals surface area contributed by atoms with E-state index in [-0.39, 0.29) is 5.60 Å². The van der Waals surface area contributed by atoms with Crippen LogP contribution >= 0.6 is 0 Å². The Bertz CT molecular complexity index is 149. The second-order valence-electron chi connectivity index (χ2n) is 4.78. The van der Waals surface area contributed by atoms with Gasteiger partial charge in [-0.05, 0) is 52.6 Å². The number of hydrogen-bond donors (Lipinski definition) is 1. The summed E-state index contributed by atoms with van der Waals surface area (Å²) in [6.45, 7) is 10.3. The van der Waals surface area contributed by atoms with Crippen LogP contribution in [-0.4, -0.2) is 39.0 Å². The van der Waals surface area contributed by atoms with Crippen LogP contribution in [0.5, 0.6) is 0 Å². The molecule has 0 saturated carbocycles. The molecule has 0 aliphatic heterocycles. The minimum Gasteiger partial charge on any atom is -0.381 e. The Balaban J connectivity index is 3.10. The fourth-order valence-corrected chi connectivity index (χ4v) is 1.28. The molecule has 0 aromatic carbocycles. The van der Waals surface area contributed by atoms with E-state index in [0.717, 1.165) is 39.1 Å². The maximum absolute atomic E-state index is 5.57. The van der Waals surface area contributed by atoms with Gasteiger partial charge < -0.3 is 14.8 Å². The molecular weight excluding hydrogens is 202 g/mol. The Morgan fingerprint density at radius 2 is 1.81 bits per heavy atom. The third-order valence-electron chi connectivity index (χ3n) is 2.72. The Morgan fingerprint density at radius 3 is 2.44 bits per heavy atom. The maximum atomic E-state index is 5.57. The molecule has 0 aromatic rings. The summed E-state index contributed by atoms with van der Waals surface area (Å²) in [6.07, 6.45) is 4.51. The topological polar surface area (TPSA) is 30.5 Å². The van der Waals surface area contributed by atoms with Crippen LogP contribution in [0.4, 0.5) is 0 Å². The van der Waals surface area contributed by atoms with Crippen molar-refractivity contribution in [2.45, 2.75) is 52.1 Å². The van der Waals surface area contributed by atoms with Crippen LogP contribution in [-0.2, 0) is 9.47 Å². The molecule has 0 unspecified atom stereocenters. The average molecular weight is 231 g/mol. The van der Waals surface area contributed by atoms with Gasteiger partial charge in [-0.3, -0.25) is 0 Å². The smallest absolute Gasteiger partial charge is 0.0644 e. The van der Waals surface area contributed by atoms with Crippen LogP contribution in [0.2, 0.25) is 0 Å². The van der Waals surface area contributed by atoms with Gasteiger partial charge >= 0.3 is 0 Å². The molecule has 3 heteroatoms. The lowest BCUT2D eigenvalue weighted by atomic mass is 10.1. The molecule has 3 nitrogen and oxygen atoms in total. The molecule has 0 atom stereocenters. The summed E-state index contributed by atoms with van der Waals surface area (Å²) in [6, 6.07) is 0. The van der Waals surface area contributed by atoms with E-state index in [1.807, 2.05) is 0 Å². The van der Waals surface area contributed by atoms with E-state index in [1.165, 1.54) is 12.8 Å². The third kappa shape index (κ3) is 10.4. The van der Waals surface area contributed by atoms with Gasteiger partial charge in [0.1, 0.15) is 0 Å². The molecule has 0 rings (SSSR count). The molecule has 0 aromatic heterocycles. The van der Waals surface area contributed by atoms with Crippen molar-refractivity contribution >= 4 is 0 Å². The zero-order valence-corrected chi connectivity index (χ0v) is 11.5. The molecular formula is C13H29NO2. The van der Waals surface area contributed by atoms with E-state index in [2.05, 4.69) is 26.1 Å². The van der Waals surface area contributed by atoms with Crippen molar-refractivity contribution in [2.75, 3.05) is 33.4 Å². The van der Waals surface area contributed by atoms with Gasteiger partial charge in [0, 0.05) is 20.3 Å². The van der Waals surface area contributed by atoms with E-state index in [0.29, 0.717) is 0 Å². The SMILES string of the molecule is CCCNCCCCOCCC(C)(C)OC. The summed E-state index contributed by atoms with van der Waals surface area (Å²) in [5.41, 5.74) is -0.0529. The number of hydrogen-bond acceptors (Lipinski definition) is 3. The van der Waals surface area contributed by atoms with E-state index in [9.17, 15) is 0 Å². The van der Waals surface area contributed by atoms with Crippen molar-refractivity contribution < 1.29 is 9.47 Å². The van der Waals surface area contributed by atoms with Crippen molar-refractivity contribution in [3.05, 3.63) is 0 Å². The van der Waals surface area contributed by atoms with Gasteiger partial charge in [-0.15, -0.1) is 0 Å². The minimum absolute atomic E-state index is 0.0529. The van der Waals surface area contributed by atoms with Crippen molar-refractivity contribution in [3.63, 3.8) is 0 Å². The summed E-state index contributed by atoms with van der Waals surface area (Å²) in [4.78, 5) is 0. The van der Waals surface area contributed by atoms with Crippen molar-refractivity contribution in [3.8, 4) is 0 Å². The van der Waals surface area contributed by atoms with Gasteiger partial charge in [-0.2, -0.15) is 0 Å². The largest absolute Gasteiger partial charge is 0.381 e. The highest BCUT2D eigenvalue weighted by molar-refractivity contribution is 4.66. The van der Waals surface area contributed by atoms with Crippen LogP contribution < -0.4 is 5.32 Å². The fourth-order valence-electron chi connectivity index (χ4n) is 1.28. The lowest BCUT2D eigenvalue weighted by Gasteiger charge is -2.22. The first-order valence-corrected chi connectivity index (χ1v) is 6.46. The molecule has 0 radical (unpaired) electrons. The predicted octanol–water partition coefficient (Wildman–Crippen LogP) is 2.60. The van der Waals surface area contributed by atoms with E-state index < -0.39 is 0 Å². The molecule has 0 spiro atoms. The quantitative estimate of drug-likeness (QED) is 0.554. The lowest BCUT2D eigenvalue weighted by Crippen LogP contribution is -2.24. The van der Waals surface area contributed by atoms with Gasteiger partial charge in [-0.25, -0.2) is 0 Å². The molecule has 1 N–H and O–H groups in total. The van der Waals surface area contributed by atoms with Crippen molar-refractivity contribution in [1.82, 2.24) is 5.32 Å². The number of methoxy groups -OCH3 is 1. The lowest BCUT2D eigenvalue weighted by molar-refractivity contribution is -0.0101. The van der Waals surface area contributed by atoms with Crippen molar-refractivity contribution in [1.29, 1.82) is 0 Å². The normalized spacial score (nSPS) is 12.0. The van der Waals surface area contributed by atoms with Gasteiger partial charge in [0.2, 0.25) is 0 Å². The monoisotopic (exact) mass is 231 g/mol. The highest BCUT2D eigenvalue weighted by atomic mass is 16.5. The van der Waals surface area contributed by atoms with Crippen molar-refractivity contribution in [2.24, 2.45) is 0 Å². The van der Waals surface area contributed by atoms with Gasteiger partial charge in [0.05, 0.1) is 5.60 Å². The second kappa shape index (κ2) is 10.1. The zero-order valence-electron chi connectivity index (χ0n) is 11.5. The first-order valence-electron chi connectivity index (χ1n) is 6.46. The van der Waals surface area contributed by atoms with E-state index >= 15 is 0 Å². The number of ether oxygens (including phenoxy) is 2. The summed E-state index contributed by atoms with van der Waals surface area (Å²) in [5, 5.41) is 3.38. The van der Waals surface area contributed by atoms with Crippen LogP contribution in [0.15, 0.2) is 0 Å². The third-order valence-corrected chi connectivity index (χ3v) is 2.72. The molecule has 0 saturated heterocycles. The van der Waals surface area contributed by atoms with Crippen LogP contribution in [0, 0.1) is 0 Å². The zero-order chi connectivity index (χ0) is 12.3. The Kier molecular flexibility index (Phi) is 9.99. The molecule has 0 amide bonds. The van der Waals surface area contributed by atoms with E-state index in [4.69, 9.17) is 9.47 Å². The maximum Gasteiger partial charge on any atom is 0.0644 e. The highest BCUT2D eigenvalue weighted by Crippen LogP contribution is 2.12. The molecule has 16 heavy (non-hydrogen) atoms. The average Bonchev–Trinajstić information content (AvgIpc) is 2.27. The fraction of sp³-hybridized carbons (Fsp3) is 1.00. The molecule has 0 aliphatic carbocycles. The number of unbranched alkanes of at least 4 members (excludes halogenated alkanes) is 1. The highest BCUT2D eigenvalue weighted by Gasteiger charge is 2.15. The number of rotatable bonds is 11. The Labute approximate surface area is 101 Å². The second-order valence-corrected chi connectivity index (χ2v) is 4.78. The van der Waals surface area contributed by atoms with Crippen LogP contribution in [0.3, 0.4) is 0 Å². The van der Waals surface area contributed by atoms with E-state index in [1.54, 1.807) is 7.11 Å². The predicted molar refractivity (Wildman–Crippen MR) is 68.9 cm³/mol. The Hall–Kier alpha value is -0.120. The summed E-state index contributed by atoms with van der Waals surface area (Å²) in [5.74, 6) is 0. The van der Waals surface area contributed by atoms with Gasteiger partial charge in [0.15, 0.2) is 0 Å².